The fourth-order valence-corrected chi connectivity index (χ4v) is 3.64. The van der Waals surface area contributed by atoms with Gasteiger partial charge in [0.25, 0.3) is 0 Å². The number of anilines is 1. The summed E-state index contributed by atoms with van der Waals surface area (Å²) in [6, 6.07) is 1.25. The third-order valence-electron chi connectivity index (χ3n) is 5.15. The van der Waals surface area contributed by atoms with Gasteiger partial charge in [-0.2, -0.15) is 5.10 Å². The van der Waals surface area contributed by atoms with Gasteiger partial charge < -0.3 is 10.6 Å². The van der Waals surface area contributed by atoms with Gasteiger partial charge in [-0.1, -0.05) is 0 Å². The van der Waals surface area contributed by atoms with Gasteiger partial charge in [-0.15, -0.1) is 5.10 Å². The topological polar surface area (TPSA) is 82.1 Å². The van der Waals surface area contributed by atoms with Crippen LogP contribution in [-0.4, -0.2) is 53.2 Å². The monoisotopic (exact) mass is 288 g/mol. The second-order valence-electron chi connectivity index (χ2n) is 6.31. The van der Waals surface area contributed by atoms with Crippen LogP contribution < -0.4 is 10.6 Å². The van der Waals surface area contributed by atoms with E-state index in [2.05, 4.69) is 27.0 Å². The molecule has 2 aliphatic rings. The lowest BCUT2D eigenvalue weighted by atomic mass is 10.1. The van der Waals surface area contributed by atoms with E-state index in [0.717, 1.165) is 42.1 Å². The summed E-state index contributed by atoms with van der Waals surface area (Å²) in [6.45, 7) is 5.80. The van der Waals surface area contributed by atoms with E-state index in [-0.39, 0.29) is 5.84 Å². The number of hydrogen-bond donors (Lipinski definition) is 2. The fourth-order valence-electron chi connectivity index (χ4n) is 3.64. The van der Waals surface area contributed by atoms with E-state index in [1.54, 1.807) is 0 Å². The number of likely N-dealkylation sites (N-methyl/N-ethyl adjacent to an activating group) is 1. The number of aromatic nitrogens is 2. The van der Waals surface area contributed by atoms with Gasteiger partial charge in [0.1, 0.15) is 5.84 Å². The van der Waals surface area contributed by atoms with Crippen molar-refractivity contribution in [2.75, 3.05) is 25.0 Å². The predicted molar refractivity (Wildman–Crippen MR) is 83.9 cm³/mol. The summed E-state index contributed by atoms with van der Waals surface area (Å²) < 4.78 is 0. The highest BCUT2D eigenvalue weighted by Gasteiger charge is 2.36. The van der Waals surface area contributed by atoms with Crippen LogP contribution >= 0.6 is 0 Å². The zero-order chi connectivity index (χ0) is 15.1. The molecule has 2 unspecified atom stereocenters. The molecule has 0 radical (unpaired) electrons. The first-order valence-corrected chi connectivity index (χ1v) is 7.64. The van der Waals surface area contributed by atoms with Crippen molar-refractivity contribution < 1.29 is 0 Å². The number of amidine groups is 1. The number of nitrogens with two attached hydrogens (primary N) is 1. The molecule has 21 heavy (non-hydrogen) atoms. The minimum absolute atomic E-state index is 0.0864. The number of nitrogens with one attached hydrogen (secondary N) is 1. The lowest BCUT2D eigenvalue weighted by Crippen LogP contribution is -2.38. The standard InChI is InChI=1S/C15H24N6/c1-9-10(2)18-19-15(13(9)14(16)17)21-7-6-11-4-5-12(8-21)20(11)3/h11-12H,4-8H2,1-3H3,(H3,16,17). The van der Waals surface area contributed by atoms with Crippen molar-refractivity contribution in [2.45, 2.75) is 45.2 Å². The lowest BCUT2D eigenvalue weighted by Gasteiger charge is -2.28. The fraction of sp³-hybridized carbons (Fsp3) is 0.667. The van der Waals surface area contributed by atoms with Crippen LogP contribution in [0, 0.1) is 19.3 Å². The van der Waals surface area contributed by atoms with Crippen molar-refractivity contribution in [1.29, 1.82) is 5.41 Å². The molecule has 6 nitrogen and oxygen atoms in total. The lowest BCUT2D eigenvalue weighted by molar-refractivity contribution is 0.254. The van der Waals surface area contributed by atoms with Crippen molar-refractivity contribution in [1.82, 2.24) is 15.1 Å². The van der Waals surface area contributed by atoms with Crippen molar-refractivity contribution in [2.24, 2.45) is 5.73 Å². The minimum atomic E-state index is 0.0864. The van der Waals surface area contributed by atoms with E-state index in [4.69, 9.17) is 11.1 Å². The molecule has 1 aromatic heterocycles. The second-order valence-corrected chi connectivity index (χ2v) is 6.31. The summed E-state index contributed by atoms with van der Waals surface area (Å²) in [5.41, 5.74) is 8.38. The number of nitrogens with zero attached hydrogens (tertiary/aromatic N) is 4. The minimum Gasteiger partial charge on any atom is -0.384 e. The first kappa shape index (κ1) is 14.3. The van der Waals surface area contributed by atoms with E-state index in [0.29, 0.717) is 12.1 Å². The molecule has 0 spiro atoms. The Hall–Kier alpha value is -1.69. The molecule has 2 saturated heterocycles. The normalized spacial score (nSPS) is 26.0. The van der Waals surface area contributed by atoms with Crippen LogP contribution in [0.4, 0.5) is 5.82 Å². The first-order chi connectivity index (χ1) is 9.99. The molecule has 2 fully saturated rings. The summed E-state index contributed by atoms with van der Waals surface area (Å²) >= 11 is 0. The van der Waals surface area contributed by atoms with E-state index < -0.39 is 0 Å². The van der Waals surface area contributed by atoms with E-state index in [9.17, 15) is 0 Å². The first-order valence-electron chi connectivity index (χ1n) is 7.64. The molecule has 2 atom stereocenters. The Morgan fingerprint density at radius 1 is 1.19 bits per heavy atom. The molecule has 3 N–H and O–H groups in total. The molecule has 114 valence electrons. The molecule has 0 aromatic carbocycles. The zero-order valence-corrected chi connectivity index (χ0v) is 13.1. The van der Waals surface area contributed by atoms with Crippen LogP contribution in [0.1, 0.15) is 36.1 Å². The Balaban J connectivity index is 1.97. The van der Waals surface area contributed by atoms with Crippen molar-refractivity contribution >= 4 is 11.7 Å². The quantitative estimate of drug-likeness (QED) is 0.628. The summed E-state index contributed by atoms with van der Waals surface area (Å²) in [4.78, 5) is 4.78. The van der Waals surface area contributed by atoms with Crippen molar-refractivity contribution in [3.63, 3.8) is 0 Å². The third-order valence-corrected chi connectivity index (χ3v) is 5.15. The summed E-state index contributed by atoms with van der Waals surface area (Å²) in [6.07, 6.45) is 3.68. The number of aryl methyl sites for hydroxylation is 1. The molecule has 0 saturated carbocycles. The summed E-state index contributed by atoms with van der Waals surface area (Å²) in [5.74, 6) is 0.870. The summed E-state index contributed by atoms with van der Waals surface area (Å²) in [7, 11) is 2.23. The van der Waals surface area contributed by atoms with Crippen molar-refractivity contribution in [3.8, 4) is 0 Å². The van der Waals surface area contributed by atoms with Crippen LogP contribution in [0.15, 0.2) is 0 Å². The van der Waals surface area contributed by atoms with Crippen LogP contribution in [-0.2, 0) is 0 Å². The zero-order valence-electron chi connectivity index (χ0n) is 13.1. The van der Waals surface area contributed by atoms with Gasteiger partial charge in [-0.3, -0.25) is 10.3 Å². The van der Waals surface area contributed by atoms with Gasteiger partial charge in [0.2, 0.25) is 0 Å². The van der Waals surface area contributed by atoms with Crippen LogP contribution in [0.2, 0.25) is 0 Å². The number of nitrogen functional groups attached to an aromatic ring is 1. The smallest absolute Gasteiger partial charge is 0.162 e. The number of hydrogen-bond acceptors (Lipinski definition) is 5. The highest BCUT2D eigenvalue weighted by atomic mass is 15.3. The largest absolute Gasteiger partial charge is 0.384 e. The average molecular weight is 288 g/mol. The molecular weight excluding hydrogens is 264 g/mol. The maximum Gasteiger partial charge on any atom is 0.162 e. The van der Waals surface area contributed by atoms with Gasteiger partial charge in [0.05, 0.1) is 11.3 Å². The molecule has 0 amide bonds. The van der Waals surface area contributed by atoms with E-state index in [1.807, 2.05) is 13.8 Å². The molecule has 2 aliphatic heterocycles. The maximum absolute atomic E-state index is 7.90. The molecule has 6 heteroatoms. The Labute approximate surface area is 125 Å². The highest BCUT2D eigenvalue weighted by molar-refractivity contribution is 6.01. The number of fused-ring (bicyclic) bond motifs is 2. The Bertz CT molecular complexity index is 570. The van der Waals surface area contributed by atoms with Crippen LogP contribution in [0.3, 0.4) is 0 Å². The van der Waals surface area contributed by atoms with Gasteiger partial charge in [0, 0.05) is 25.2 Å². The average Bonchev–Trinajstić information content (AvgIpc) is 2.66. The molecule has 0 aliphatic carbocycles. The molecule has 3 heterocycles. The maximum atomic E-state index is 7.90. The summed E-state index contributed by atoms with van der Waals surface area (Å²) in [5, 5.41) is 16.5. The van der Waals surface area contributed by atoms with Gasteiger partial charge in [-0.05, 0) is 45.7 Å². The number of rotatable bonds is 2. The Morgan fingerprint density at radius 2 is 1.90 bits per heavy atom. The van der Waals surface area contributed by atoms with E-state index >= 15 is 0 Å². The van der Waals surface area contributed by atoms with Crippen LogP contribution in [0.5, 0.6) is 0 Å². The van der Waals surface area contributed by atoms with E-state index in [1.165, 1.54) is 12.8 Å². The highest BCUT2D eigenvalue weighted by Crippen LogP contribution is 2.31. The molecule has 2 bridgehead atoms. The Morgan fingerprint density at radius 3 is 2.62 bits per heavy atom. The SMILES string of the molecule is Cc1nnc(N2CCC3CCC(C2)N3C)c(C(=N)N)c1C. The predicted octanol–water partition coefficient (Wildman–Crippen LogP) is 1.05. The van der Waals surface area contributed by atoms with Gasteiger partial charge in [0.15, 0.2) is 5.82 Å². The van der Waals surface area contributed by atoms with Crippen molar-refractivity contribution in [3.05, 3.63) is 16.8 Å². The Kier molecular flexibility index (Phi) is 3.57. The van der Waals surface area contributed by atoms with Gasteiger partial charge in [-0.25, -0.2) is 0 Å². The van der Waals surface area contributed by atoms with Crippen LogP contribution in [0.25, 0.3) is 0 Å². The third kappa shape index (κ3) is 2.37. The van der Waals surface area contributed by atoms with Gasteiger partial charge >= 0.3 is 0 Å². The molecule has 1 aromatic rings. The molecule has 3 rings (SSSR count). The molecular formula is C15H24N6. The second kappa shape index (κ2) is 5.26.